The largest absolute Gasteiger partial charge is 0.353 e. The Morgan fingerprint density at radius 3 is 2.50 bits per heavy atom. The van der Waals surface area contributed by atoms with Gasteiger partial charge in [0.2, 0.25) is 17.7 Å². The minimum atomic E-state index is -1.14. The molecule has 0 amide bonds. The van der Waals surface area contributed by atoms with E-state index in [-0.39, 0.29) is 23.7 Å². The summed E-state index contributed by atoms with van der Waals surface area (Å²) in [6.07, 6.45) is 3.73. The van der Waals surface area contributed by atoms with Gasteiger partial charge in [0.05, 0.1) is 0 Å². The Balaban J connectivity index is 1.21. The van der Waals surface area contributed by atoms with Gasteiger partial charge in [-0.25, -0.2) is 23.4 Å². The van der Waals surface area contributed by atoms with E-state index in [9.17, 15) is 17.6 Å². The molecule has 2 fully saturated rings. The predicted molar refractivity (Wildman–Crippen MR) is 116 cm³/mol. The average molecular weight is 474 g/mol. The van der Waals surface area contributed by atoms with Crippen LogP contribution in [0.15, 0.2) is 24.5 Å². The summed E-state index contributed by atoms with van der Waals surface area (Å²) in [6.45, 7) is 2.37. The van der Waals surface area contributed by atoms with E-state index >= 15 is 0 Å². The van der Waals surface area contributed by atoms with Crippen molar-refractivity contribution in [3.63, 3.8) is 0 Å². The maximum atomic E-state index is 14.2. The highest BCUT2D eigenvalue weighted by Crippen LogP contribution is 2.40. The van der Waals surface area contributed by atoms with Crippen LogP contribution in [0.2, 0.25) is 0 Å². The second kappa shape index (κ2) is 8.10. The molecular weight excluding hydrogens is 452 g/mol. The van der Waals surface area contributed by atoms with Crippen molar-refractivity contribution in [1.82, 2.24) is 24.7 Å². The van der Waals surface area contributed by atoms with Gasteiger partial charge in [-0.3, -0.25) is 0 Å². The maximum absolute atomic E-state index is 14.2. The lowest BCUT2D eigenvalue weighted by atomic mass is 9.92. The summed E-state index contributed by atoms with van der Waals surface area (Å²) < 4.78 is 56.8. The molecule has 1 N–H and O–H groups in total. The van der Waals surface area contributed by atoms with E-state index in [1.54, 1.807) is 9.58 Å². The molecule has 1 aromatic carbocycles. The van der Waals surface area contributed by atoms with Crippen molar-refractivity contribution in [3.8, 4) is 0 Å². The van der Waals surface area contributed by atoms with Gasteiger partial charge in [-0.2, -0.15) is 13.8 Å². The van der Waals surface area contributed by atoms with Crippen LogP contribution in [0.4, 0.5) is 41.0 Å². The zero-order valence-electron chi connectivity index (χ0n) is 18.1. The normalized spacial score (nSPS) is 23.8. The molecule has 1 saturated carbocycles. The average Bonchev–Trinajstić information content (AvgIpc) is 3.33. The predicted octanol–water partition coefficient (Wildman–Crippen LogP) is 3.49. The second-order valence-corrected chi connectivity index (χ2v) is 9.04. The molecule has 3 aromatic rings. The molecule has 6 rings (SSSR count). The van der Waals surface area contributed by atoms with Gasteiger partial charge in [-0.15, -0.1) is 5.10 Å². The van der Waals surface area contributed by atoms with Crippen LogP contribution >= 0.6 is 0 Å². The molecule has 4 heterocycles. The number of nitrogens with zero attached hydrogens (tertiary/aromatic N) is 7. The number of halogens is 4. The van der Waals surface area contributed by atoms with E-state index in [1.165, 1.54) is 6.07 Å². The minimum Gasteiger partial charge on any atom is -0.353 e. The zero-order valence-corrected chi connectivity index (χ0v) is 18.1. The first-order valence-corrected chi connectivity index (χ1v) is 11.3. The molecule has 1 unspecified atom stereocenters. The summed E-state index contributed by atoms with van der Waals surface area (Å²) in [5, 5.41) is 8.06. The van der Waals surface area contributed by atoms with Gasteiger partial charge in [0, 0.05) is 44.0 Å². The standard InChI is InChI=1S/C22H22F4N8/c23-15-5-4-14(8-16(15)24)33-6-1-7-34-22(33)30-21(31-34)29-18-12-2-3-13(18)10-32(9-12)20-17(25)19(26)27-11-28-20/h4-5,8,11-13,18H,1-3,6-7,9-10H2,(H,29,31)/t12-,13+,18?. The van der Waals surface area contributed by atoms with Crippen LogP contribution in [-0.4, -0.2) is 50.4 Å². The van der Waals surface area contributed by atoms with Crippen LogP contribution in [-0.2, 0) is 6.54 Å². The van der Waals surface area contributed by atoms with Crippen LogP contribution in [0.1, 0.15) is 19.3 Å². The van der Waals surface area contributed by atoms with Crippen molar-refractivity contribution in [2.75, 3.05) is 34.8 Å². The Bertz CT molecular complexity index is 1220. The van der Waals surface area contributed by atoms with Crippen LogP contribution in [0.25, 0.3) is 0 Å². The fourth-order valence-electron chi connectivity index (χ4n) is 5.46. The third-order valence-electron chi connectivity index (χ3n) is 7.02. The van der Waals surface area contributed by atoms with Gasteiger partial charge in [0.25, 0.3) is 5.95 Å². The van der Waals surface area contributed by atoms with Crippen molar-refractivity contribution >= 4 is 23.4 Å². The number of nitrogens with one attached hydrogen (secondary N) is 1. The van der Waals surface area contributed by atoms with Crippen LogP contribution in [0.3, 0.4) is 0 Å². The Labute approximate surface area is 192 Å². The molecule has 0 radical (unpaired) electrons. The number of hydrogen-bond acceptors (Lipinski definition) is 7. The first kappa shape index (κ1) is 21.1. The first-order valence-electron chi connectivity index (χ1n) is 11.3. The minimum absolute atomic E-state index is 0.000558. The number of anilines is 4. The maximum Gasteiger partial charge on any atom is 0.254 e. The van der Waals surface area contributed by atoms with E-state index in [4.69, 9.17) is 0 Å². The Kier molecular flexibility index (Phi) is 5.03. The number of aryl methyl sites for hydroxylation is 1. The molecule has 3 atom stereocenters. The van der Waals surface area contributed by atoms with E-state index < -0.39 is 23.4 Å². The lowest BCUT2D eigenvalue weighted by molar-refractivity contribution is 0.368. The molecule has 2 aliphatic heterocycles. The lowest BCUT2D eigenvalue weighted by Gasteiger charge is -2.38. The third-order valence-corrected chi connectivity index (χ3v) is 7.02. The number of hydrogen-bond donors (Lipinski definition) is 1. The van der Waals surface area contributed by atoms with Gasteiger partial charge in [0.1, 0.15) is 6.33 Å². The first-order chi connectivity index (χ1) is 16.5. The summed E-state index contributed by atoms with van der Waals surface area (Å²) in [5.41, 5.74) is 0.520. The fourth-order valence-corrected chi connectivity index (χ4v) is 5.46. The van der Waals surface area contributed by atoms with E-state index in [2.05, 4.69) is 25.4 Å². The topological polar surface area (TPSA) is 75.0 Å². The van der Waals surface area contributed by atoms with Gasteiger partial charge >= 0.3 is 0 Å². The molecule has 1 aliphatic carbocycles. The highest BCUT2D eigenvalue weighted by atomic mass is 19.2. The Hall–Kier alpha value is -3.44. The second-order valence-electron chi connectivity index (χ2n) is 9.04. The van der Waals surface area contributed by atoms with Gasteiger partial charge in [-0.05, 0) is 43.2 Å². The lowest BCUT2D eigenvalue weighted by Crippen LogP contribution is -2.48. The Morgan fingerprint density at radius 2 is 1.74 bits per heavy atom. The van der Waals surface area contributed by atoms with Gasteiger partial charge < -0.3 is 15.1 Å². The molecular formula is C22H22F4N8. The van der Waals surface area contributed by atoms with E-state index in [0.29, 0.717) is 43.8 Å². The van der Waals surface area contributed by atoms with Crippen LogP contribution < -0.4 is 15.1 Å². The molecule has 178 valence electrons. The molecule has 34 heavy (non-hydrogen) atoms. The zero-order chi connectivity index (χ0) is 23.4. The molecule has 2 bridgehead atoms. The summed E-state index contributed by atoms with van der Waals surface area (Å²) in [4.78, 5) is 15.5. The Morgan fingerprint density at radius 1 is 0.941 bits per heavy atom. The fraction of sp³-hybridized carbons (Fsp3) is 0.455. The third kappa shape index (κ3) is 3.51. The molecule has 1 saturated heterocycles. The molecule has 12 heteroatoms. The van der Waals surface area contributed by atoms with Crippen LogP contribution in [0.5, 0.6) is 0 Å². The molecule has 3 aliphatic rings. The molecule has 2 aromatic heterocycles. The highest BCUT2D eigenvalue weighted by molar-refractivity contribution is 5.59. The monoisotopic (exact) mass is 474 g/mol. The summed E-state index contributed by atoms with van der Waals surface area (Å²) in [6, 6.07) is 3.89. The number of rotatable bonds is 4. The van der Waals surface area contributed by atoms with Gasteiger partial charge in [-0.1, -0.05) is 0 Å². The smallest absolute Gasteiger partial charge is 0.254 e. The summed E-state index contributed by atoms with van der Waals surface area (Å²) in [7, 11) is 0. The number of fused-ring (bicyclic) bond motifs is 3. The van der Waals surface area contributed by atoms with Crippen molar-refractivity contribution in [3.05, 3.63) is 47.9 Å². The van der Waals surface area contributed by atoms with Crippen molar-refractivity contribution in [2.45, 2.75) is 31.8 Å². The number of aromatic nitrogens is 5. The van der Waals surface area contributed by atoms with Crippen LogP contribution in [0, 0.1) is 35.2 Å². The number of benzene rings is 1. The quantitative estimate of drug-likeness (QED) is 0.458. The summed E-state index contributed by atoms with van der Waals surface area (Å²) in [5.74, 6) is -2.53. The van der Waals surface area contributed by atoms with Crippen molar-refractivity contribution in [2.24, 2.45) is 11.8 Å². The number of piperidine rings is 1. The molecule has 0 spiro atoms. The van der Waals surface area contributed by atoms with Crippen molar-refractivity contribution in [1.29, 1.82) is 0 Å². The highest BCUT2D eigenvalue weighted by Gasteiger charge is 2.43. The SMILES string of the molecule is Fc1ccc(N2CCCn3nc(NC4[C@@H]5CC[C@H]4CN(c4ncnc(F)c4F)C5)nc32)cc1F. The van der Waals surface area contributed by atoms with Gasteiger partial charge in [0.15, 0.2) is 17.5 Å². The van der Waals surface area contributed by atoms with Crippen molar-refractivity contribution < 1.29 is 17.6 Å². The van der Waals surface area contributed by atoms with E-state index in [0.717, 1.165) is 37.7 Å². The molecule has 8 nitrogen and oxygen atoms in total. The summed E-state index contributed by atoms with van der Waals surface area (Å²) >= 11 is 0. The van der Waals surface area contributed by atoms with E-state index in [1.807, 2.05) is 4.90 Å².